The molecule has 0 saturated carbocycles. The minimum atomic E-state index is -1.71. The number of aliphatic hydroxyl groups excluding tert-OH is 2. The first-order valence-electron chi connectivity index (χ1n) is 5.98. The number of rotatable bonds is 8. The lowest BCUT2D eigenvalue weighted by molar-refractivity contribution is -0.182. The molecule has 0 rings (SSSR count). The summed E-state index contributed by atoms with van der Waals surface area (Å²) in [5, 5.41) is 18.7. The highest BCUT2D eigenvalue weighted by Gasteiger charge is 2.38. The van der Waals surface area contributed by atoms with Crippen molar-refractivity contribution in [2.75, 3.05) is 13.2 Å². The third kappa shape index (κ3) is 7.37. The van der Waals surface area contributed by atoms with Crippen molar-refractivity contribution in [2.24, 2.45) is 0 Å². The number of Topliss-reactive ketones (excluding diaryl/α,β-unsaturated/α-hetero) is 1. The van der Waals surface area contributed by atoms with Crippen molar-refractivity contribution in [3.63, 3.8) is 0 Å². The Labute approximate surface area is 120 Å². The molecule has 3 atom stereocenters. The van der Waals surface area contributed by atoms with Crippen LogP contribution >= 0.6 is 0 Å². The second-order valence-corrected chi connectivity index (χ2v) is 4.10. The molecule has 0 spiro atoms. The molecule has 0 radical (unpaired) electrons. The number of esters is 3. The first kappa shape index (κ1) is 19.0. The van der Waals surface area contributed by atoms with Crippen molar-refractivity contribution in [2.45, 2.75) is 39.1 Å². The Kier molecular flexibility index (Phi) is 8.17. The second kappa shape index (κ2) is 9.03. The molecule has 0 aromatic carbocycles. The number of carbonyl (C=O) groups excluding carboxylic acids is 4. The zero-order valence-corrected chi connectivity index (χ0v) is 11.9. The van der Waals surface area contributed by atoms with Gasteiger partial charge in [-0.1, -0.05) is 0 Å². The smallest absolute Gasteiger partial charge is 0.303 e. The number of aliphatic hydroxyl groups is 2. The van der Waals surface area contributed by atoms with Crippen LogP contribution in [0.1, 0.15) is 20.8 Å². The third-order valence-electron chi connectivity index (χ3n) is 2.20. The topological polar surface area (TPSA) is 136 Å². The fourth-order valence-corrected chi connectivity index (χ4v) is 1.42. The van der Waals surface area contributed by atoms with Gasteiger partial charge in [0.1, 0.15) is 19.3 Å². The van der Waals surface area contributed by atoms with E-state index in [0.717, 1.165) is 20.8 Å². The molecule has 2 N–H and O–H groups in total. The van der Waals surface area contributed by atoms with Gasteiger partial charge >= 0.3 is 17.9 Å². The minimum Gasteiger partial charge on any atom is -0.463 e. The fraction of sp³-hybridized carbons (Fsp3) is 0.667. The lowest BCUT2D eigenvalue weighted by Crippen LogP contribution is -2.49. The molecular weight excluding hydrogens is 288 g/mol. The summed E-state index contributed by atoms with van der Waals surface area (Å²) in [5.41, 5.74) is 0. The summed E-state index contributed by atoms with van der Waals surface area (Å²) in [7, 11) is 0. The van der Waals surface area contributed by atoms with Crippen LogP contribution in [0.2, 0.25) is 0 Å². The van der Waals surface area contributed by atoms with Gasteiger partial charge in [0.15, 0.2) is 6.10 Å². The summed E-state index contributed by atoms with van der Waals surface area (Å²) in [6.07, 6.45) is -4.93. The summed E-state index contributed by atoms with van der Waals surface area (Å²) < 4.78 is 13.9. The van der Waals surface area contributed by atoms with Crippen molar-refractivity contribution >= 4 is 23.7 Å². The monoisotopic (exact) mass is 306 g/mol. The summed E-state index contributed by atoms with van der Waals surface area (Å²) in [6.45, 7) is 1.54. The molecular formula is C12H18O9. The van der Waals surface area contributed by atoms with Crippen LogP contribution in [0.15, 0.2) is 0 Å². The highest BCUT2D eigenvalue weighted by molar-refractivity contribution is 5.87. The van der Waals surface area contributed by atoms with Gasteiger partial charge in [0, 0.05) is 20.8 Å². The van der Waals surface area contributed by atoms with E-state index in [-0.39, 0.29) is 0 Å². The average molecular weight is 306 g/mol. The van der Waals surface area contributed by atoms with Crippen LogP contribution in [-0.4, -0.2) is 65.4 Å². The van der Waals surface area contributed by atoms with Crippen LogP contribution in [0.5, 0.6) is 0 Å². The fourth-order valence-electron chi connectivity index (χ4n) is 1.42. The Bertz CT molecular complexity index is 404. The second-order valence-electron chi connectivity index (χ2n) is 4.10. The number of hydrogen-bond donors (Lipinski definition) is 2. The Morgan fingerprint density at radius 2 is 1.48 bits per heavy atom. The predicted molar refractivity (Wildman–Crippen MR) is 65.8 cm³/mol. The number of carbonyl (C=O) groups is 4. The van der Waals surface area contributed by atoms with Gasteiger partial charge in [-0.2, -0.15) is 0 Å². The normalized spacial score (nSPS) is 14.5. The molecule has 21 heavy (non-hydrogen) atoms. The third-order valence-corrected chi connectivity index (χ3v) is 2.20. The van der Waals surface area contributed by atoms with Crippen molar-refractivity contribution in [3.05, 3.63) is 0 Å². The molecule has 0 aliphatic carbocycles. The van der Waals surface area contributed by atoms with Crippen LogP contribution in [0.4, 0.5) is 0 Å². The number of hydrogen-bond acceptors (Lipinski definition) is 9. The number of ether oxygens (including phenoxy) is 3. The molecule has 0 bridgehead atoms. The summed E-state index contributed by atoms with van der Waals surface area (Å²) in [4.78, 5) is 44.3. The molecule has 0 aliphatic rings. The Hall–Kier alpha value is -2.00. The average Bonchev–Trinajstić information content (AvgIpc) is 2.38. The molecule has 0 aromatic rings. The van der Waals surface area contributed by atoms with E-state index in [9.17, 15) is 24.3 Å². The van der Waals surface area contributed by atoms with Crippen molar-refractivity contribution in [3.8, 4) is 0 Å². The lowest BCUT2D eigenvalue weighted by Gasteiger charge is -2.28. The van der Waals surface area contributed by atoms with Crippen molar-refractivity contribution < 1.29 is 43.6 Å². The van der Waals surface area contributed by atoms with Gasteiger partial charge in [-0.25, -0.2) is 0 Å². The molecule has 0 amide bonds. The van der Waals surface area contributed by atoms with E-state index in [1.54, 1.807) is 0 Å². The van der Waals surface area contributed by atoms with Gasteiger partial charge in [-0.15, -0.1) is 0 Å². The minimum absolute atomic E-state index is 0.580. The van der Waals surface area contributed by atoms with E-state index in [2.05, 4.69) is 9.47 Å². The van der Waals surface area contributed by atoms with Gasteiger partial charge in [-0.05, 0) is 0 Å². The highest BCUT2D eigenvalue weighted by Crippen LogP contribution is 2.13. The molecule has 0 aliphatic heterocycles. The Morgan fingerprint density at radius 3 is 1.86 bits per heavy atom. The standard InChI is InChI=1S/C12H18O9/c1-6(14)19-5-10(18)12(21-8(3)16)11(9(17)4-13)20-7(2)15/h10-13,18H,4-5H2,1-3H3/t10-,11-,12-/m1/s1. The van der Waals surface area contributed by atoms with E-state index in [4.69, 9.17) is 9.84 Å². The number of ketones is 1. The SMILES string of the molecule is CC(=O)OC[C@@H](O)[C@@H](OC(C)=O)[C@H](OC(C)=O)C(=O)CO. The van der Waals surface area contributed by atoms with E-state index in [0.29, 0.717) is 0 Å². The summed E-state index contributed by atoms with van der Waals surface area (Å²) in [6, 6.07) is 0. The van der Waals surface area contributed by atoms with E-state index >= 15 is 0 Å². The first-order valence-corrected chi connectivity index (χ1v) is 5.98. The van der Waals surface area contributed by atoms with Crippen molar-refractivity contribution in [1.29, 1.82) is 0 Å². The highest BCUT2D eigenvalue weighted by atomic mass is 16.6. The molecule has 0 saturated heterocycles. The maximum atomic E-state index is 11.6. The quantitative estimate of drug-likeness (QED) is 0.398. The van der Waals surface area contributed by atoms with Gasteiger partial charge in [-0.3, -0.25) is 19.2 Å². The molecule has 0 aromatic heterocycles. The largest absolute Gasteiger partial charge is 0.463 e. The zero-order valence-electron chi connectivity index (χ0n) is 11.9. The van der Waals surface area contributed by atoms with Gasteiger partial charge < -0.3 is 24.4 Å². The Morgan fingerprint density at radius 1 is 0.952 bits per heavy atom. The molecule has 120 valence electrons. The van der Waals surface area contributed by atoms with E-state index in [1.165, 1.54) is 0 Å². The van der Waals surface area contributed by atoms with Gasteiger partial charge in [0.2, 0.25) is 11.9 Å². The van der Waals surface area contributed by atoms with E-state index < -0.39 is 55.2 Å². The molecule has 9 heteroatoms. The van der Waals surface area contributed by atoms with Crippen LogP contribution in [-0.2, 0) is 33.4 Å². The molecule has 0 unspecified atom stereocenters. The van der Waals surface area contributed by atoms with Crippen molar-refractivity contribution in [1.82, 2.24) is 0 Å². The maximum absolute atomic E-state index is 11.6. The van der Waals surface area contributed by atoms with E-state index in [1.807, 2.05) is 0 Å². The predicted octanol–water partition coefficient (Wildman–Crippen LogP) is -1.66. The van der Waals surface area contributed by atoms with Gasteiger partial charge in [0.25, 0.3) is 0 Å². The maximum Gasteiger partial charge on any atom is 0.303 e. The van der Waals surface area contributed by atoms with Crippen LogP contribution in [0, 0.1) is 0 Å². The van der Waals surface area contributed by atoms with Crippen LogP contribution < -0.4 is 0 Å². The molecule has 0 heterocycles. The summed E-state index contributed by atoms with van der Waals surface area (Å²) in [5.74, 6) is -3.41. The zero-order chi connectivity index (χ0) is 16.6. The first-order chi connectivity index (χ1) is 9.68. The van der Waals surface area contributed by atoms with Gasteiger partial charge in [0.05, 0.1) is 0 Å². The Balaban J connectivity index is 5.19. The van der Waals surface area contributed by atoms with Crippen LogP contribution in [0.3, 0.4) is 0 Å². The molecule has 0 fully saturated rings. The molecule has 9 nitrogen and oxygen atoms in total. The summed E-state index contributed by atoms with van der Waals surface area (Å²) >= 11 is 0. The lowest BCUT2D eigenvalue weighted by atomic mass is 10.0. The van der Waals surface area contributed by atoms with Crippen LogP contribution in [0.25, 0.3) is 0 Å².